The Labute approximate surface area is 79.5 Å². The third-order valence-corrected chi connectivity index (χ3v) is 3.12. The van der Waals surface area contributed by atoms with Crippen molar-refractivity contribution >= 4 is 12.4 Å². The molecule has 3 heteroatoms. The van der Waals surface area contributed by atoms with E-state index < -0.39 is 6.17 Å². The molecule has 2 aliphatic rings. The topological polar surface area (TPSA) is 12.0 Å². The summed E-state index contributed by atoms with van der Waals surface area (Å²) in [6, 6.07) is 0. The fraction of sp³-hybridized carbons (Fsp3) is 1.00. The summed E-state index contributed by atoms with van der Waals surface area (Å²) in [5.41, 5.74) is 0.220. The van der Waals surface area contributed by atoms with Crippen molar-refractivity contribution in [3.63, 3.8) is 0 Å². The van der Waals surface area contributed by atoms with Gasteiger partial charge in [-0.1, -0.05) is 19.3 Å². The monoisotopic (exact) mass is 193 g/mol. The molecule has 1 aliphatic carbocycles. The van der Waals surface area contributed by atoms with Crippen LogP contribution in [-0.2, 0) is 0 Å². The van der Waals surface area contributed by atoms with Crippen LogP contribution in [0.15, 0.2) is 0 Å². The highest BCUT2D eigenvalue weighted by Crippen LogP contribution is 2.35. The fourth-order valence-corrected chi connectivity index (χ4v) is 2.51. The second-order valence-electron chi connectivity index (χ2n) is 4.02. The van der Waals surface area contributed by atoms with Crippen molar-refractivity contribution in [3.05, 3.63) is 0 Å². The van der Waals surface area contributed by atoms with Gasteiger partial charge in [0.25, 0.3) is 0 Å². The summed E-state index contributed by atoms with van der Waals surface area (Å²) in [5.74, 6) is 0. The zero-order valence-corrected chi connectivity index (χ0v) is 8.13. The lowest BCUT2D eigenvalue weighted by atomic mass is 9.81. The van der Waals surface area contributed by atoms with Gasteiger partial charge in [-0.15, -0.1) is 12.4 Å². The van der Waals surface area contributed by atoms with E-state index in [4.69, 9.17) is 0 Å². The van der Waals surface area contributed by atoms with E-state index in [1.54, 1.807) is 0 Å². The van der Waals surface area contributed by atoms with Crippen LogP contribution < -0.4 is 5.32 Å². The van der Waals surface area contributed by atoms with Gasteiger partial charge in [-0.25, -0.2) is 4.39 Å². The summed E-state index contributed by atoms with van der Waals surface area (Å²) < 4.78 is 12.9. The summed E-state index contributed by atoms with van der Waals surface area (Å²) in [6.45, 7) is 0.597. The van der Waals surface area contributed by atoms with Crippen LogP contribution in [0.1, 0.15) is 38.5 Å². The third kappa shape index (κ3) is 1.91. The molecule has 0 aromatic heterocycles. The lowest BCUT2D eigenvalue weighted by Gasteiger charge is -2.33. The smallest absolute Gasteiger partial charge is 0.114 e. The van der Waals surface area contributed by atoms with E-state index in [0.29, 0.717) is 6.54 Å². The van der Waals surface area contributed by atoms with E-state index in [9.17, 15) is 4.39 Å². The molecule has 2 fully saturated rings. The molecule has 1 saturated heterocycles. The van der Waals surface area contributed by atoms with Gasteiger partial charge in [0.1, 0.15) is 6.17 Å². The standard InChI is InChI=1S/C9H16FN.ClH/c10-8-6-9(11-7-8)4-2-1-3-5-9;/h8,11H,1-7H2;1H. The maximum absolute atomic E-state index is 12.9. The van der Waals surface area contributed by atoms with E-state index >= 15 is 0 Å². The number of hydrogen-bond donors (Lipinski definition) is 1. The highest BCUT2D eigenvalue weighted by Gasteiger charge is 2.39. The van der Waals surface area contributed by atoms with Crippen LogP contribution in [0, 0.1) is 0 Å². The van der Waals surface area contributed by atoms with Crippen molar-refractivity contribution in [2.24, 2.45) is 0 Å². The summed E-state index contributed by atoms with van der Waals surface area (Å²) in [6.07, 6.45) is 6.53. The molecule has 1 saturated carbocycles. The van der Waals surface area contributed by atoms with Crippen molar-refractivity contribution in [1.29, 1.82) is 0 Å². The first-order valence-electron chi connectivity index (χ1n) is 4.70. The summed E-state index contributed by atoms with van der Waals surface area (Å²) in [5, 5.41) is 3.35. The van der Waals surface area contributed by atoms with Crippen LogP contribution in [0.3, 0.4) is 0 Å². The van der Waals surface area contributed by atoms with Crippen LogP contribution >= 0.6 is 12.4 Å². The van der Waals surface area contributed by atoms with Gasteiger partial charge < -0.3 is 5.32 Å². The molecule has 1 heterocycles. The maximum Gasteiger partial charge on any atom is 0.114 e. The van der Waals surface area contributed by atoms with Crippen LogP contribution in [0.2, 0.25) is 0 Å². The lowest BCUT2D eigenvalue weighted by Crippen LogP contribution is -2.41. The highest BCUT2D eigenvalue weighted by atomic mass is 35.5. The molecule has 1 unspecified atom stereocenters. The van der Waals surface area contributed by atoms with Crippen LogP contribution in [0.4, 0.5) is 4.39 Å². The lowest BCUT2D eigenvalue weighted by molar-refractivity contribution is 0.245. The van der Waals surface area contributed by atoms with Gasteiger partial charge in [-0.05, 0) is 19.3 Å². The number of alkyl halides is 1. The van der Waals surface area contributed by atoms with E-state index in [1.165, 1.54) is 32.1 Å². The van der Waals surface area contributed by atoms with Crippen molar-refractivity contribution in [2.45, 2.75) is 50.2 Å². The minimum Gasteiger partial charge on any atom is -0.308 e. The van der Waals surface area contributed by atoms with E-state index in [1.807, 2.05) is 0 Å². The van der Waals surface area contributed by atoms with Gasteiger partial charge in [-0.3, -0.25) is 0 Å². The Morgan fingerprint density at radius 2 is 1.83 bits per heavy atom. The first-order chi connectivity index (χ1) is 5.31. The molecule has 72 valence electrons. The molecule has 0 aromatic rings. The Kier molecular flexibility index (Phi) is 3.36. The van der Waals surface area contributed by atoms with Crippen molar-refractivity contribution < 1.29 is 4.39 Å². The largest absolute Gasteiger partial charge is 0.308 e. The quantitative estimate of drug-likeness (QED) is 0.623. The molecule has 1 spiro atoms. The highest BCUT2D eigenvalue weighted by molar-refractivity contribution is 5.85. The molecule has 0 radical (unpaired) electrons. The van der Waals surface area contributed by atoms with Crippen molar-refractivity contribution in [1.82, 2.24) is 5.32 Å². The molecule has 0 amide bonds. The molecule has 1 N–H and O–H groups in total. The van der Waals surface area contributed by atoms with Gasteiger partial charge in [0, 0.05) is 12.1 Å². The Balaban J connectivity index is 0.000000720. The maximum atomic E-state index is 12.9. The molecule has 1 nitrogen and oxygen atoms in total. The Morgan fingerprint density at radius 3 is 2.33 bits per heavy atom. The Morgan fingerprint density at radius 1 is 1.17 bits per heavy atom. The molecule has 2 rings (SSSR count). The summed E-state index contributed by atoms with van der Waals surface area (Å²) >= 11 is 0. The number of halogens is 2. The molecule has 0 bridgehead atoms. The molecular formula is C9H17ClFN. The fourth-order valence-electron chi connectivity index (χ4n) is 2.51. The normalized spacial score (nSPS) is 33.2. The molecule has 12 heavy (non-hydrogen) atoms. The van der Waals surface area contributed by atoms with Gasteiger partial charge in [0.2, 0.25) is 0 Å². The second-order valence-corrected chi connectivity index (χ2v) is 4.02. The van der Waals surface area contributed by atoms with E-state index in [-0.39, 0.29) is 17.9 Å². The third-order valence-electron chi connectivity index (χ3n) is 3.12. The SMILES string of the molecule is Cl.FC1CNC2(CCCCC2)C1. The molecule has 1 atom stereocenters. The average Bonchev–Trinajstić information content (AvgIpc) is 2.34. The first kappa shape index (κ1) is 10.3. The van der Waals surface area contributed by atoms with Crippen molar-refractivity contribution in [2.75, 3.05) is 6.54 Å². The number of rotatable bonds is 0. The molecule has 0 aromatic carbocycles. The predicted molar refractivity (Wildman–Crippen MR) is 50.6 cm³/mol. The number of nitrogens with one attached hydrogen (secondary N) is 1. The predicted octanol–water partition coefficient (Wildman–Crippen LogP) is 2.44. The van der Waals surface area contributed by atoms with E-state index in [0.717, 1.165) is 6.42 Å². The summed E-state index contributed by atoms with van der Waals surface area (Å²) in [7, 11) is 0. The van der Waals surface area contributed by atoms with Gasteiger partial charge in [0.05, 0.1) is 0 Å². The van der Waals surface area contributed by atoms with Crippen LogP contribution in [-0.4, -0.2) is 18.3 Å². The first-order valence-corrected chi connectivity index (χ1v) is 4.70. The van der Waals surface area contributed by atoms with Gasteiger partial charge in [0.15, 0.2) is 0 Å². The van der Waals surface area contributed by atoms with E-state index in [2.05, 4.69) is 5.32 Å². The van der Waals surface area contributed by atoms with Crippen molar-refractivity contribution in [3.8, 4) is 0 Å². The summed E-state index contributed by atoms with van der Waals surface area (Å²) in [4.78, 5) is 0. The van der Waals surface area contributed by atoms with Crippen LogP contribution in [0.25, 0.3) is 0 Å². The second kappa shape index (κ2) is 3.93. The zero-order valence-electron chi connectivity index (χ0n) is 7.31. The molecular weight excluding hydrogens is 177 g/mol. The molecule has 1 aliphatic heterocycles. The Bertz CT molecular complexity index is 140. The Hall–Kier alpha value is 0.180. The van der Waals surface area contributed by atoms with Crippen LogP contribution in [0.5, 0.6) is 0 Å². The van der Waals surface area contributed by atoms with Gasteiger partial charge >= 0.3 is 0 Å². The van der Waals surface area contributed by atoms with Gasteiger partial charge in [-0.2, -0.15) is 0 Å². The minimum absolute atomic E-state index is 0. The number of hydrogen-bond acceptors (Lipinski definition) is 1. The minimum atomic E-state index is -0.576. The zero-order chi connectivity index (χ0) is 7.73. The average molecular weight is 194 g/mol.